The minimum atomic E-state index is -0.110. The summed E-state index contributed by atoms with van der Waals surface area (Å²) in [6.07, 6.45) is 3.22. The number of nitrogens with one attached hydrogen (secondary N) is 1. The first-order chi connectivity index (χ1) is 9.13. The van der Waals surface area contributed by atoms with Crippen molar-refractivity contribution in [2.45, 2.75) is 52.2 Å². The van der Waals surface area contributed by atoms with Gasteiger partial charge in [0.15, 0.2) is 0 Å². The molecule has 0 radical (unpaired) electrons. The Kier molecular flexibility index (Phi) is 4.94. The normalized spacial score (nSPS) is 20.7. The summed E-state index contributed by atoms with van der Waals surface area (Å²) in [6, 6.07) is 3.65. The zero-order valence-corrected chi connectivity index (χ0v) is 12.1. The van der Waals surface area contributed by atoms with E-state index < -0.39 is 0 Å². The predicted molar refractivity (Wildman–Crippen MR) is 75.9 cm³/mol. The molecule has 2 rings (SSSR count). The van der Waals surface area contributed by atoms with Crippen LogP contribution in [0.5, 0.6) is 0 Å². The molecule has 1 aromatic rings. The van der Waals surface area contributed by atoms with Crippen molar-refractivity contribution in [1.29, 1.82) is 0 Å². The second-order valence-electron chi connectivity index (χ2n) is 5.46. The molecule has 1 heterocycles. The third-order valence-corrected chi connectivity index (χ3v) is 3.74. The van der Waals surface area contributed by atoms with E-state index in [1.807, 2.05) is 19.9 Å². The van der Waals surface area contributed by atoms with Crippen LogP contribution in [-0.2, 0) is 4.74 Å². The summed E-state index contributed by atoms with van der Waals surface area (Å²) in [6.45, 7) is 7.72. The first-order valence-electron chi connectivity index (χ1n) is 7.25. The summed E-state index contributed by atoms with van der Waals surface area (Å²) < 4.78 is 20.1. The molecular weight excluding hydrogens is 241 g/mol. The van der Waals surface area contributed by atoms with E-state index in [1.165, 1.54) is 0 Å². The summed E-state index contributed by atoms with van der Waals surface area (Å²) in [4.78, 5) is 0. The molecule has 1 saturated heterocycles. The van der Waals surface area contributed by atoms with Gasteiger partial charge in [-0.25, -0.2) is 4.39 Å². The predicted octanol–water partition coefficient (Wildman–Crippen LogP) is 3.66. The van der Waals surface area contributed by atoms with Crippen LogP contribution in [0.4, 0.5) is 4.39 Å². The molecule has 106 valence electrons. The van der Waals surface area contributed by atoms with Gasteiger partial charge < -0.3 is 10.1 Å². The summed E-state index contributed by atoms with van der Waals surface area (Å²) in [5.74, 6) is -0.110. The van der Waals surface area contributed by atoms with Gasteiger partial charge in [-0.3, -0.25) is 0 Å². The van der Waals surface area contributed by atoms with E-state index in [9.17, 15) is 4.39 Å². The summed E-state index contributed by atoms with van der Waals surface area (Å²) in [5, 5.41) is 3.46. The average Bonchev–Trinajstić information content (AvgIpc) is 2.85. The van der Waals surface area contributed by atoms with Crippen molar-refractivity contribution in [3.05, 3.63) is 34.6 Å². The molecule has 1 aromatic carbocycles. The van der Waals surface area contributed by atoms with E-state index in [4.69, 9.17) is 4.74 Å². The lowest BCUT2D eigenvalue weighted by atomic mass is 9.93. The Labute approximate surface area is 115 Å². The summed E-state index contributed by atoms with van der Waals surface area (Å²) >= 11 is 0. The maximum absolute atomic E-state index is 14.3. The Morgan fingerprint density at radius 2 is 2.21 bits per heavy atom. The van der Waals surface area contributed by atoms with Crippen LogP contribution in [0.2, 0.25) is 0 Å². The van der Waals surface area contributed by atoms with E-state index in [1.54, 1.807) is 6.07 Å². The largest absolute Gasteiger partial charge is 0.376 e. The molecule has 2 nitrogen and oxygen atoms in total. The first kappa shape index (κ1) is 14.5. The molecule has 19 heavy (non-hydrogen) atoms. The minimum Gasteiger partial charge on any atom is -0.376 e. The van der Waals surface area contributed by atoms with Crippen molar-refractivity contribution in [3.8, 4) is 0 Å². The van der Waals surface area contributed by atoms with E-state index in [-0.39, 0.29) is 18.0 Å². The highest BCUT2D eigenvalue weighted by atomic mass is 19.1. The Hall–Kier alpha value is -0.930. The van der Waals surface area contributed by atoms with Gasteiger partial charge in [0.25, 0.3) is 0 Å². The molecule has 1 aliphatic heterocycles. The highest BCUT2D eigenvalue weighted by Gasteiger charge is 2.29. The van der Waals surface area contributed by atoms with Gasteiger partial charge in [-0.1, -0.05) is 13.0 Å². The maximum Gasteiger partial charge on any atom is 0.128 e. The number of ether oxygens (including phenoxy) is 1. The zero-order valence-electron chi connectivity index (χ0n) is 12.1. The molecule has 1 fully saturated rings. The molecular formula is C16H24FNO. The van der Waals surface area contributed by atoms with Crippen LogP contribution in [0.25, 0.3) is 0 Å². The molecule has 3 heteroatoms. The van der Waals surface area contributed by atoms with Gasteiger partial charge in [-0.2, -0.15) is 0 Å². The second-order valence-corrected chi connectivity index (χ2v) is 5.46. The van der Waals surface area contributed by atoms with Gasteiger partial charge in [-0.05, 0) is 56.8 Å². The number of halogens is 1. The van der Waals surface area contributed by atoms with Crippen LogP contribution in [0.1, 0.15) is 48.9 Å². The van der Waals surface area contributed by atoms with E-state index in [0.29, 0.717) is 0 Å². The van der Waals surface area contributed by atoms with Crippen LogP contribution in [0.3, 0.4) is 0 Å². The Balaban J connectivity index is 2.31. The van der Waals surface area contributed by atoms with Gasteiger partial charge in [-0.15, -0.1) is 0 Å². The van der Waals surface area contributed by atoms with Crippen LogP contribution >= 0.6 is 0 Å². The maximum atomic E-state index is 14.3. The van der Waals surface area contributed by atoms with Crippen LogP contribution < -0.4 is 5.32 Å². The average molecular weight is 265 g/mol. The van der Waals surface area contributed by atoms with E-state index >= 15 is 0 Å². The molecule has 0 amide bonds. The lowest BCUT2D eigenvalue weighted by Gasteiger charge is -2.27. The van der Waals surface area contributed by atoms with Gasteiger partial charge >= 0.3 is 0 Å². The second kappa shape index (κ2) is 6.49. The molecule has 0 saturated carbocycles. The van der Waals surface area contributed by atoms with Gasteiger partial charge in [0.1, 0.15) is 5.82 Å². The Bertz CT molecular complexity index is 404. The van der Waals surface area contributed by atoms with Crippen molar-refractivity contribution < 1.29 is 9.13 Å². The van der Waals surface area contributed by atoms with Crippen molar-refractivity contribution in [2.24, 2.45) is 0 Å². The molecule has 2 unspecified atom stereocenters. The van der Waals surface area contributed by atoms with Crippen molar-refractivity contribution in [1.82, 2.24) is 5.32 Å². The third-order valence-electron chi connectivity index (χ3n) is 3.74. The minimum absolute atomic E-state index is 0.0250. The van der Waals surface area contributed by atoms with Gasteiger partial charge in [0.05, 0.1) is 12.1 Å². The molecule has 0 spiro atoms. The fraction of sp³-hybridized carbons (Fsp3) is 0.625. The standard InChI is InChI=1S/C16H24FNO/c1-4-7-18-16(14-6-5-8-19-14)15-12(3)9-11(2)10-13(15)17/h9-10,14,16,18H,4-8H2,1-3H3. The monoisotopic (exact) mass is 265 g/mol. The fourth-order valence-corrected chi connectivity index (χ4v) is 2.91. The number of aryl methyl sites for hydroxylation is 2. The number of rotatable bonds is 5. The van der Waals surface area contributed by atoms with Crippen LogP contribution in [0, 0.1) is 19.7 Å². The van der Waals surface area contributed by atoms with Gasteiger partial charge in [0, 0.05) is 12.2 Å². The smallest absolute Gasteiger partial charge is 0.128 e. The lowest BCUT2D eigenvalue weighted by molar-refractivity contribution is 0.0769. The highest BCUT2D eigenvalue weighted by Crippen LogP contribution is 2.31. The molecule has 2 atom stereocenters. The SMILES string of the molecule is CCCNC(c1c(C)cc(C)cc1F)C1CCCO1. The topological polar surface area (TPSA) is 21.3 Å². The van der Waals surface area contributed by atoms with Gasteiger partial charge in [0.2, 0.25) is 0 Å². The number of hydrogen-bond donors (Lipinski definition) is 1. The van der Waals surface area contributed by atoms with Crippen molar-refractivity contribution >= 4 is 0 Å². The van der Waals surface area contributed by atoms with Crippen molar-refractivity contribution in [2.75, 3.05) is 13.2 Å². The molecule has 1 aliphatic rings. The van der Waals surface area contributed by atoms with E-state index in [0.717, 1.165) is 49.1 Å². The van der Waals surface area contributed by atoms with Crippen LogP contribution in [-0.4, -0.2) is 19.3 Å². The summed E-state index contributed by atoms with van der Waals surface area (Å²) in [5.41, 5.74) is 2.77. The number of benzene rings is 1. The lowest BCUT2D eigenvalue weighted by Crippen LogP contribution is -2.33. The molecule has 0 bridgehead atoms. The zero-order chi connectivity index (χ0) is 13.8. The first-order valence-corrected chi connectivity index (χ1v) is 7.25. The van der Waals surface area contributed by atoms with E-state index in [2.05, 4.69) is 12.2 Å². The Morgan fingerprint density at radius 1 is 1.42 bits per heavy atom. The third kappa shape index (κ3) is 3.34. The quantitative estimate of drug-likeness (QED) is 0.877. The van der Waals surface area contributed by atoms with Crippen molar-refractivity contribution in [3.63, 3.8) is 0 Å². The molecule has 0 aliphatic carbocycles. The summed E-state index contributed by atoms with van der Waals surface area (Å²) in [7, 11) is 0. The Morgan fingerprint density at radius 3 is 2.79 bits per heavy atom. The van der Waals surface area contributed by atoms with Crippen LogP contribution in [0.15, 0.2) is 12.1 Å². The molecule has 0 aromatic heterocycles. The highest BCUT2D eigenvalue weighted by molar-refractivity contribution is 5.35. The fourth-order valence-electron chi connectivity index (χ4n) is 2.91. The number of hydrogen-bond acceptors (Lipinski definition) is 2. The molecule has 1 N–H and O–H groups in total.